The molecule has 2 aromatic carbocycles. The molecule has 28 heavy (non-hydrogen) atoms. The number of nitrogens with zero attached hydrogens (tertiary/aromatic N) is 3. The molecule has 1 aliphatic heterocycles. The van der Waals surface area contributed by atoms with Gasteiger partial charge in [-0.05, 0) is 24.1 Å². The zero-order valence-corrected chi connectivity index (χ0v) is 17.4. The van der Waals surface area contributed by atoms with Crippen molar-refractivity contribution in [2.75, 3.05) is 38.2 Å². The van der Waals surface area contributed by atoms with Crippen molar-refractivity contribution in [2.45, 2.75) is 19.9 Å². The number of thiazole rings is 1. The summed E-state index contributed by atoms with van der Waals surface area (Å²) >= 11 is 1.74. The lowest BCUT2D eigenvalue weighted by molar-refractivity contribution is 0.247. The summed E-state index contributed by atoms with van der Waals surface area (Å²) in [7, 11) is 1.74. The van der Waals surface area contributed by atoms with E-state index in [-0.39, 0.29) is 0 Å². The molecule has 0 bridgehead atoms. The Balaban J connectivity index is 1.35. The standard InChI is InChI=1S/C23H27N3OS/c1-3-18-8-10-19(11-9-18)23-24-20(17-28-23)16-25-12-14-26(15-13-25)21-6-4-5-7-22(21)27-2/h4-11,17H,3,12-16H2,1-2H3. The SMILES string of the molecule is CCc1ccc(-c2nc(CN3CCN(c4ccccc4OC)CC3)cs2)cc1. The quantitative estimate of drug-likeness (QED) is 0.607. The molecule has 4 rings (SSSR count). The minimum atomic E-state index is 0.920. The lowest BCUT2D eigenvalue weighted by Crippen LogP contribution is -2.46. The zero-order chi connectivity index (χ0) is 19.3. The fraction of sp³-hybridized carbons (Fsp3) is 0.348. The number of piperazine rings is 1. The molecular weight excluding hydrogens is 366 g/mol. The van der Waals surface area contributed by atoms with E-state index in [1.807, 2.05) is 12.1 Å². The number of para-hydroxylation sites is 2. The Kier molecular flexibility index (Phi) is 5.93. The highest BCUT2D eigenvalue weighted by Crippen LogP contribution is 2.29. The minimum absolute atomic E-state index is 0.920. The molecule has 0 saturated carbocycles. The monoisotopic (exact) mass is 393 g/mol. The molecule has 0 atom stereocenters. The maximum absolute atomic E-state index is 5.52. The third-order valence-electron chi connectivity index (χ3n) is 5.34. The number of aryl methyl sites for hydroxylation is 1. The van der Waals surface area contributed by atoms with Crippen molar-refractivity contribution in [1.29, 1.82) is 0 Å². The molecule has 1 aliphatic rings. The molecule has 4 nitrogen and oxygen atoms in total. The van der Waals surface area contributed by atoms with Gasteiger partial charge in [-0.1, -0.05) is 43.3 Å². The molecule has 2 heterocycles. The summed E-state index contributed by atoms with van der Waals surface area (Å²) < 4.78 is 5.52. The van der Waals surface area contributed by atoms with Crippen LogP contribution >= 0.6 is 11.3 Å². The molecule has 1 saturated heterocycles. The van der Waals surface area contributed by atoms with Crippen LogP contribution in [0.3, 0.4) is 0 Å². The fourth-order valence-electron chi connectivity index (χ4n) is 3.66. The topological polar surface area (TPSA) is 28.6 Å². The summed E-state index contributed by atoms with van der Waals surface area (Å²) in [5.41, 5.74) is 4.95. The summed E-state index contributed by atoms with van der Waals surface area (Å²) in [5, 5.41) is 3.32. The molecule has 0 aliphatic carbocycles. The Hall–Kier alpha value is -2.37. The average molecular weight is 394 g/mol. The highest BCUT2D eigenvalue weighted by Gasteiger charge is 2.20. The van der Waals surface area contributed by atoms with Gasteiger partial charge in [-0.2, -0.15) is 0 Å². The van der Waals surface area contributed by atoms with Crippen LogP contribution in [-0.2, 0) is 13.0 Å². The van der Waals surface area contributed by atoms with Gasteiger partial charge in [0.1, 0.15) is 10.8 Å². The second-order valence-electron chi connectivity index (χ2n) is 7.13. The average Bonchev–Trinajstić information content (AvgIpc) is 3.23. The number of aromatic nitrogens is 1. The smallest absolute Gasteiger partial charge is 0.142 e. The van der Waals surface area contributed by atoms with E-state index in [9.17, 15) is 0 Å². The summed E-state index contributed by atoms with van der Waals surface area (Å²) in [4.78, 5) is 9.78. The second-order valence-corrected chi connectivity index (χ2v) is 7.99. The van der Waals surface area contributed by atoms with Crippen LogP contribution in [0.15, 0.2) is 53.9 Å². The predicted molar refractivity (Wildman–Crippen MR) is 117 cm³/mol. The molecule has 0 unspecified atom stereocenters. The first-order valence-electron chi connectivity index (χ1n) is 9.91. The van der Waals surface area contributed by atoms with Crippen LogP contribution in [0.1, 0.15) is 18.2 Å². The van der Waals surface area contributed by atoms with Crippen LogP contribution < -0.4 is 9.64 Å². The van der Waals surface area contributed by atoms with E-state index in [0.717, 1.165) is 49.9 Å². The zero-order valence-electron chi connectivity index (χ0n) is 16.6. The van der Waals surface area contributed by atoms with Crippen molar-refractivity contribution in [3.63, 3.8) is 0 Å². The Morgan fingerprint density at radius 3 is 2.46 bits per heavy atom. The van der Waals surface area contributed by atoms with Crippen LogP contribution in [-0.4, -0.2) is 43.2 Å². The normalized spacial score (nSPS) is 15.0. The first-order valence-corrected chi connectivity index (χ1v) is 10.8. The van der Waals surface area contributed by atoms with E-state index in [1.54, 1.807) is 18.4 Å². The van der Waals surface area contributed by atoms with Gasteiger partial charge in [0.2, 0.25) is 0 Å². The summed E-state index contributed by atoms with van der Waals surface area (Å²) in [6.07, 6.45) is 1.07. The van der Waals surface area contributed by atoms with Gasteiger partial charge in [0, 0.05) is 43.7 Å². The summed E-state index contributed by atoms with van der Waals surface area (Å²) in [6, 6.07) is 17.1. The second kappa shape index (κ2) is 8.76. The molecule has 0 spiro atoms. The molecule has 0 amide bonds. The molecule has 1 aromatic heterocycles. The number of ether oxygens (including phenoxy) is 1. The summed E-state index contributed by atoms with van der Waals surface area (Å²) in [5.74, 6) is 0.953. The molecule has 0 radical (unpaired) electrons. The third-order valence-corrected chi connectivity index (χ3v) is 6.28. The minimum Gasteiger partial charge on any atom is -0.495 e. The Bertz CT molecular complexity index is 898. The molecule has 3 aromatic rings. The third kappa shape index (κ3) is 4.21. The van der Waals surface area contributed by atoms with E-state index in [1.165, 1.54) is 22.5 Å². The van der Waals surface area contributed by atoms with E-state index in [4.69, 9.17) is 9.72 Å². The lowest BCUT2D eigenvalue weighted by Gasteiger charge is -2.36. The van der Waals surface area contributed by atoms with Crippen molar-refractivity contribution >= 4 is 17.0 Å². The largest absolute Gasteiger partial charge is 0.495 e. The highest BCUT2D eigenvalue weighted by molar-refractivity contribution is 7.13. The van der Waals surface area contributed by atoms with Gasteiger partial charge in [-0.15, -0.1) is 11.3 Å². The van der Waals surface area contributed by atoms with Gasteiger partial charge in [0.15, 0.2) is 0 Å². The van der Waals surface area contributed by atoms with E-state index >= 15 is 0 Å². The van der Waals surface area contributed by atoms with Gasteiger partial charge in [-0.3, -0.25) is 4.90 Å². The molecule has 0 N–H and O–H groups in total. The number of hydrogen-bond acceptors (Lipinski definition) is 5. The first-order chi connectivity index (χ1) is 13.8. The predicted octanol–water partition coefficient (Wildman–Crippen LogP) is 4.70. The van der Waals surface area contributed by atoms with Gasteiger partial charge in [-0.25, -0.2) is 4.98 Å². The van der Waals surface area contributed by atoms with Crippen LogP contribution in [0.25, 0.3) is 10.6 Å². The number of methoxy groups -OCH3 is 1. The number of rotatable bonds is 6. The maximum Gasteiger partial charge on any atom is 0.142 e. The fourth-order valence-corrected chi connectivity index (χ4v) is 4.48. The van der Waals surface area contributed by atoms with Crippen molar-refractivity contribution < 1.29 is 4.74 Å². The molecule has 146 valence electrons. The Labute approximate surface area is 171 Å². The van der Waals surface area contributed by atoms with Gasteiger partial charge < -0.3 is 9.64 Å². The van der Waals surface area contributed by atoms with Crippen molar-refractivity contribution in [3.8, 4) is 16.3 Å². The molecule has 1 fully saturated rings. The van der Waals surface area contributed by atoms with Crippen LogP contribution in [0.4, 0.5) is 5.69 Å². The van der Waals surface area contributed by atoms with Gasteiger partial charge in [0.05, 0.1) is 18.5 Å². The lowest BCUT2D eigenvalue weighted by atomic mass is 10.1. The highest BCUT2D eigenvalue weighted by atomic mass is 32.1. The Morgan fingerprint density at radius 1 is 1.00 bits per heavy atom. The molecular formula is C23H27N3OS. The Morgan fingerprint density at radius 2 is 1.75 bits per heavy atom. The van der Waals surface area contributed by atoms with E-state index in [2.05, 4.69) is 58.5 Å². The van der Waals surface area contributed by atoms with Crippen LogP contribution in [0.2, 0.25) is 0 Å². The van der Waals surface area contributed by atoms with Crippen LogP contribution in [0.5, 0.6) is 5.75 Å². The van der Waals surface area contributed by atoms with Crippen molar-refractivity contribution in [3.05, 3.63) is 65.2 Å². The van der Waals surface area contributed by atoms with Gasteiger partial charge in [0.25, 0.3) is 0 Å². The number of hydrogen-bond donors (Lipinski definition) is 0. The first kappa shape index (κ1) is 19.0. The summed E-state index contributed by atoms with van der Waals surface area (Å²) in [6.45, 7) is 7.20. The van der Waals surface area contributed by atoms with Gasteiger partial charge >= 0.3 is 0 Å². The number of anilines is 1. The van der Waals surface area contributed by atoms with Crippen LogP contribution in [0, 0.1) is 0 Å². The van der Waals surface area contributed by atoms with Crippen molar-refractivity contribution in [1.82, 2.24) is 9.88 Å². The molecule has 5 heteroatoms. The van der Waals surface area contributed by atoms with E-state index in [0.29, 0.717) is 0 Å². The maximum atomic E-state index is 5.52. The van der Waals surface area contributed by atoms with E-state index < -0.39 is 0 Å². The number of benzene rings is 2. The van der Waals surface area contributed by atoms with Crippen molar-refractivity contribution in [2.24, 2.45) is 0 Å².